The van der Waals surface area contributed by atoms with Crippen LogP contribution in [0.3, 0.4) is 0 Å². The lowest BCUT2D eigenvalue weighted by molar-refractivity contribution is 0.0383. The third-order valence-electron chi connectivity index (χ3n) is 3.32. The maximum Gasteiger partial charge on any atom is 0.251 e. The minimum atomic E-state index is -0.129. The Morgan fingerprint density at radius 3 is 2.81 bits per heavy atom. The van der Waals surface area contributed by atoms with Crippen LogP contribution in [0.4, 0.5) is 5.82 Å². The maximum atomic E-state index is 12.2. The highest BCUT2D eigenvalue weighted by Crippen LogP contribution is 2.16. The monoisotopic (exact) mass is 312 g/mol. The highest BCUT2D eigenvalue weighted by molar-refractivity contribution is 6.29. The third-order valence-corrected chi connectivity index (χ3v) is 3.51. The number of hydrogen-bond donors (Lipinski definition) is 1. The van der Waals surface area contributed by atoms with E-state index in [-0.39, 0.29) is 5.91 Å². The molecule has 1 N–H and O–H groups in total. The topological polar surface area (TPSA) is 57.7 Å². The molecule has 116 valence electrons. The minimum Gasteiger partial charge on any atom is -0.379 e. The van der Waals surface area contributed by atoms with Crippen molar-refractivity contribution >= 4 is 23.3 Å². The number of nitrogens with zero attached hydrogens (tertiary/aromatic N) is 3. The Morgan fingerprint density at radius 2 is 2.14 bits per heavy atom. The van der Waals surface area contributed by atoms with Crippen LogP contribution in [0, 0.1) is 0 Å². The molecule has 0 aliphatic carbocycles. The second kappa shape index (κ2) is 7.59. The molecule has 0 aromatic carbocycles. The first-order chi connectivity index (χ1) is 10.1. The van der Waals surface area contributed by atoms with E-state index in [1.807, 2.05) is 19.0 Å². The van der Waals surface area contributed by atoms with Crippen LogP contribution in [-0.4, -0.2) is 69.3 Å². The molecule has 0 bridgehead atoms. The summed E-state index contributed by atoms with van der Waals surface area (Å²) in [5, 5.41) is 3.23. The van der Waals surface area contributed by atoms with Crippen molar-refractivity contribution in [2.75, 3.05) is 58.4 Å². The molecule has 2 heterocycles. The molecule has 1 aromatic heterocycles. The van der Waals surface area contributed by atoms with Gasteiger partial charge in [-0.25, -0.2) is 4.98 Å². The average Bonchev–Trinajstić information content (AvgIpc) is 2.47. The summed E-state index contributed by atoms with van der Waals surface area (Å²) >= 11 is 5.95. The molecule has 6 nitrogen and oxygen atoms in total. The largest absolute Gasteiger partial charge is 0.379 e. The molecule has 1 aliphatic heterocycles. The molecule has 1 aromatic rings. The molecule has 0 radical (unpaired) electrons. The van der Waals surface area contributed by atoms with Gasteiger partial charge >= 0.3 is 0 Å². The molecule has 0 spiro atoms. The van der Waals surface area contributed by atoms with Gasteiger partial charge in [-0.3, -0.25) is 9.69 Å². The molecule has 21 heavy (non-hydrogen) atoms. The number of anilines is 1. The van der Waals surface area contributed by atoms with Gasteiger partial charge in [0.15, 0.2) is 0 Å². The molecule has 1 saturated heterocycles. The zero-order valence-electron chi connectivity index (χ0n) is 12.4. The predicted octanol–water partition coefficient (Wildman–Crippen LogP) is 0.863. The number of pyridine rings is 1. The van der Waals surface area contributed by atoms with E-state index in [0.717, 1.165) is 32.8 Å². The summed E-state index contributed by atoms with van der Waals surface area (Å²) in [6.07, 6.45) is 0. The standard InChI is InChI=1S/C14H21ClN4O2/c1-18(2)13-10-11(9-12(15)17-13)14(20)16-3-4-19-5-7-21-8-6-19/h9-10H,3-8H2,1-2H3,(H,16,20). The Bertz CT molecular complexity index is 490. The number of rotatable bonds is 5. The molecule has 2 rings (SSSR count). The Morgan fingerprint density at radius 1 is 1.43 bits per heavy atom. The Balaban J connectivity index is 1.87. The van der Waals surface area contributed by atoms with Gasteiger partial charge in [0, 0.05) is 45.8 Å². The van der Waals surface area contributed by atoms with Crippen LogP contribution in [0.15, 0.2) is 12.1 Å². The molecule has 0 saturated carbocycles. The Hall–Kier alpha value is -1.37. The third kappa shape index (κ3) is 4.84. The van der Waals surface area contributed by atoms with E-state index >= 15 is 0 Å². The molecule has 0 unspecified atom stereocenters. The number of carbonyl (C=O) groups is 1. The van der Waals surface area contributed by atoms with E-state index in [0.29, 0.717) is 23.1 Å². The molecule has 1 fully saturated rings. The van der Waals surface area contributed by atoms with Crippen LogP contribution in [0.1, 0.15) is 10.4 Å². The summed E-state index contributed by atoms with van der Waals surface area (Å²) in [7, 11) is 3.72. The van der Waals surface area contributed by atoms with Gasteiger partial charge in [-0.2, -0.15) is 0 Å². The van der Waals surface area contributed by atoms with Gasteiger partial charge in [-0.15, -0.1) is 0 Å². The van der Waals surface area contributed by atoms with E-state index < -0.39 is 0 Å². The second-order valence-electron chi connectivity index (χ2n) is 5.14. The number of amides is 1. The first-order valence-corrected chi connectivity index (χ1v) is 7.37. The van der Waals surface area contributed by atoms with Gasteiger partial charge in [0.25, 0.3) is 5.91 Å². The second-order valence-corrected chi connectivity index (χ2v) is 5.53. The summed E-state index contributed by atoms with van der Waals surface area (Å²) in [6, 6.07) is 3.31. The molecule has 1 amide bonds. The van der Waals surface area contributed by atoms with Crippen molar-refractivity contribution in [3.8, 4) is 0 Å². The van der Waals surface area contributed by atoms with Crippen molar-refractivity contribution < 1.29 is 9.53 Å². The summed E-state index contributed by atoms with van der Waals surface area (Å²) in [5.41, 5.74) is 0.528. The van der Waals surface area contributed by atoms with Crippen molar-refractivity contribution in [3.63, 3.8) is 0 Å². The first kappa shape index (κ1) is 16.0. The highest BCUT2D eigenvalue weighted by Gasteiger charge is 2.12. The van der Waals surface area contributed by atoms with Crippen LogP contribution in [0.2, 0.25) is 5.15 Å². The number of halogens is 1. The molecule has 1 aliphatic rings. The number of nitrogens with one attached hydrogen (secondary N) is 1. The van der Waals surface area contributed by atoms with E-state index in [1.165, 1.54) is 0 Å². The fourth-order valence-electron chi connectivity index (χ4n) is 2.10. The summed E-state index contributed by atoms with van der Waals surface area (Å²) < 4.78 is 5.29. The van der Waals surface area contributed by atoms with Crippen molar-refractivity contribution in [2.24, 2.45) is 0 Å². The van der Waals surface area contributed by atoms with Crippen molar-refractivity contribution in [1.29, 1.82) is 0 Å². The lowest BCUT2D eigenvalue weighted by Crippen LogP contribution is -2.41. The average molecular weight is 313 g/mol. The predicted molar refractivity (Wildman–Crippen MR) is 83.2 cm³/mol. The fraction of sp³-hybridized carbons (Fsp3) is 0.571. The van der Waals surface area contributed by atoms with Crippen LogP contribution in [0.25, 0.3) is 0 Å². The zero-order chi connectivity index (χ0) is 15.2. The summed E-state index contributed by atoms with van der Waals surface area (Å²) in [6.45, 7) is 4.80. The van der Waals surface area contributed by atoms with Gasteiger partial charge < -0.3 is 15.0 Å². The number of hydrogen-bond acceptors (Lipinski definition) is 5. The number of ether oxygens (including phenoxy) is 1. The zero-order valence-corrected chi connectivity index (χ0v) is 13.2. The van der Waals surface area contributed by atoms with Crippen LogP contribution in [0.5, 0.6) is 0 Å². The Kier molecular flexibility index (Phi) is 5.78. The smallest absolute Gasteiger partial charge is 0.251 e. The quantitative estimate of drug-likeness (QED) is 0.817. The van der Waals surface area contributed by atoms with E-state index in [9.17, 15) is 4.79 Å². The van der Waals surface area contributed by atoms with Crippen molar-refractivity contribution in [3.05, 3.63) is 22.8 Å². The van der Waals surface area contributed by atoms with Crippen molar-refractivity contribution in [1.82, 2.24) is 15.2 Å². The number of aromatic nitrogens is 1. The van der Waals surface area contributed by atoms with Crippen LogP contribution < -0.4 is 10.2 Å². The minimum absolute atomic E-state index is 0.129. The number of morpholine rings is 1. The lowest BCUT2D eigenvalue weighted by Gasteiger charge is -2.26. The summed E-state index contributed by atoms with van der Waals surface area (Å²) in [4.78, 5) is 20.4. The highest BCUT2D eigenvalue weighted by atomic mass is 35.5. The number of carbonyl (C=O) groups excluding carboxylic acids is 1. The molecule has 0 atom stereocenters. The lowest BCUT2D eigenvalue weighted by atomic mass is 10.2. The molecular weight excluding hydrogens is 292 g/mol. The normalized spacial score (nSPS) is 15.8. The van der Waals surface area contributed by atoms with Gasteiger partial charge in [0.05, 0.1) is 13.2 Å². The molecule has 7 heteroatoms. The van der Waals surface area contributed by atoms with Gasteiger partial charge in [-0.1, -0.05) is 11.6 Å². The van der Waals surface area contributed by atoms with Gasteiger partial charge in [0.2, 0.25) is 0 Å². The maximum absolute atomic E-state index is 12.2. The Labute approximate surface area is 130 Å². The van der Waals surface area contributed by atoms with Crippen LogP contribution >= 0.6 is 11.6 Å². The summed E-state index contributed by atoms with van der Waals surface area (Å²) in [5.74, 6) is 0.538. The van der Waals surface area contributed by atoms with Crippen LogP contribution in [-0.2, 0) is 4.74 Å². The molecular formula is C14H21ClN4O2. The SMILES string of the molecule is CN(C)c1cc(C(=O)NCCN2CCOCC2)cc(Cl)n1. The van der Waals surface area contributed by atoms with Gasteiger partial charge in [0.1, 0.15) is 11.0 Å². The van der Waals surface area contributed by atoms with Gasteiger partial charge in [-0.05, 0) is 12.1 Å². The first-order valence-electron chi connectivity index (χ1n) is 6.99. The van der Waals surface area contributed by atoms with E-state index in [2.05, 4.69) is 15.2 Å². The van der Waals surface area contributed by atoms with E-state index in [1.54, 1.807) is 12.1 Å². The van der Waals surface area contributed by atoms with E-state index in [4.69, 9.17) is 16.3 Å². The fourth-order valence-corrected chi connectivity index (χ4v) is 2.30. The van der Waals surface area contributed by atoms with Crippen molar-refractivity contribution in [2.45, 2.75) is 0 Å².